The van der Waals surface area contributed by atoms with E-state index in [-0.39, 0.29) is 29.9 Å². The first-order valence-corrected chi connectivity index (χ1v) is 14.4. The van der Waals surface area contributed by atoms with E-state index in [1.54, 1.807) is 37.4 Å². The standard InChI is InChI=1S/C30H27F3N6O4S/c1-18(2)24-13-12-23(42-3)14-25(24)39-26(40)16-44-29(39)36-28(41)34-15-19-4-6-20(7-5-19)27-35-17-38(37-27)21-8-10-22(11-9-21)43-30(31,32)33/h4-14,17-18H,15-16H2,1-3H3,(H,34,41). The predicted molar refractivity (Wildman–Crippen MR) is 160 cm³/mol. The van der Waals surface area contributed by atoms with Gasteiger partial charge in [0.1, 0.15) is 17.8 Å². The molecular weight excluding hydrogens is 597 g/mol. The number of anilines is 1. The lowest BCUT2D eigenvalue weighted by Gasteiger charge is -2.22. The lowest BCUT2D eigenvalue weighted by Crippen LogP contribution is -2.32. The van der Waals surface area contributed by atoms with Gasteiger partial charge < -0.3 is 14.8 Å². The van der Waals surface area contributed by atoms with Gasteiger partial charge in [0.15, 0.2) is 11.0 Å². The second-order valence-corrected chi connectivity index (χ2v) is 10.8. The minimum absolute atomic E-state index is 0.129. The number of urea groups is 1. The van der Waals surface area contributed by atoms with Crippen molar-refractivity contribution in [1.82, 2.24) is 20.1 Å². The first-order valence-electron chi connectivity index (χ1n) is 13.4. The number of ether oxygens (including phenoxy) is 2. The third kappa shape index (κ3) is 7.19. The lowest BCUT2D eigenvalue weighted by atomic mass is 10.00. The Balaban J connectivity index is 1.23. The molecule has 228 valence electrons. The Bertz CT molecular complexity index is 1690. The number of methoxy groups -OCH3 is 1. The number of hydrogen-bond donors (Lipinski definition) is 1. The van der Waals surface area contributed by atoms with Gasteiger partial charge in [-0.3, -0.25) is 9.69 Å². The van der Waals surface area contributed by atoms with Crippen molar-refractivity contribution < 1.29 is 32.2 Å². The molecule has 0 bridgehead atoms. The van der Waals surface area contributed by atoms with Crippen molar-refractivity contribution >= 4 is 34.6 Å². The predicted octanol–water partition coefficient (Wildman–Crippen LogP) is 6.31. The fraction of sp³-hybridized carbons (Fsp3) is 0.233. The molecule has 1 aliphatic rings. The number of halogens is 3. The number of hydrogen-bond acceptors (Lipinski definition) is 7. The molecule has 0 saturated carbocycles. The van der Waals surface area contributed by atoms with Crippen LogP contribution in [0.5, 0.6) is 11.5 Å². The van der Waals surface area contributed by atoms with Gasteiger partial charge in [-0.1, -0.05) is 55.9 Å². The van der Waals surface area contributed by atoms with E-state index in [1.807, 2.05) is 26.0 Å². The van der Waals surface area contributed by atoms with Crippen LogP contribution < -0.4 is 19.7 Å². The first kappa shape index (κ1) is 30.6. The van der Waals surface area contributed by atoms with Crippen molar-refractivity contribution in [2.75, 3.05) is 17.8 Å². The summed E-state index contributed by atoms with van der Waals surface area (Å²) in [4.78, 5) is 35.5. The molecule has 3 amide bonds. The quantitative estimate of drug-likeness (QED) is 0.245. The maximum atomic E-state index is 12.8. The maximum Gasteiger partial charge on any atom is 0.573 e. The molecule has 0 spiro atoms. The molecule has 0 aliphatic carbocycles. The molecule has 0 radical (unpaired) electrons. The average Bonchev–Trinajstić information content (AvgIpc) is 3.62. The van der Waals surface area contributed by atoms with Crippen LogP contribution in [0.2, 0.25) is 0 Å². The second kappa shape index (κ2) is 12.8. The maximum absolute atomic E-state index is 12.8. The molecule has 1 fully saturated rings. The normalized spacial score (nSPS) is 14.4. The Kier molecular flexibility index (Phi) is 8.90. The molecule has 4 aromatic rings. The number of rotatable bonds is 8. The van der Waals surface area contributed by atoms with E-state index in [9.17, 15) is 22.8 Å². The number of nitrogens with zero attached hydrogens (tertiary/aromatic N) is 5. The van der Waals surface area contributed by atoms with Gasteiger partial charge in [-0.05, 0) is 47.4 Å². The van der Waals surface area contributed by atoms with Crippen molar-refractivity contribution in [2.24, 2.45) is 4.99 Å². The number of aliphatic imine (C=N–C) groups is 1. The van der Waals surface area contributed by atoms with E-state index in [0.717, 1.165) is 11.1 Å². The monoisotopic (exact) mass is 624 g/mol. The highest BCUT2D eigenvalue weighted by atomic mass is 32.2. The van der Waals surface area contributed by atoms with Gasteiger partial charge in [0.25, 0.3) is 0 Å². The van der Waals surface area contributed by atoms with Gasteiger partial charge in [0.05, 0.1) is 24.2 Å². The van der Waals surface area contributed by atoms with Crippen LogP contribution in [0.1, 0.15) is 30.9 Å². The van der Waals surface area contributed by atoms with Gasteiger partial charge in [0.2, 0.25) is 5.91 Å². The van der Waals surface area contributed by atoms with Crippen LogP contribution in [0.3, 0.4) is 0 Å². The summed E-state index contributed by atoms with van der Waals surface area (Å²) in [5.41, 5.74) is 3.57. The third-order valence-corrected chi connectivity index (χ3v) is 7.47. The fourth-order valence-electron chi connectivity index (χ4n) is 4.41. The smallest absolute Gasteiger partial charge is 0.497 e. The zero-order valence-electron chi connectivity index (χ0n) is 23.8. The number of nitrogens with one attached hydrogen (secondary N) is 1. The number of benzene rings is 3. The molecule has 1 aromatic heterocycles. The molecule has 5 rings (SSSR count). The molecule has 3 aromatic carbocycles. The summed E-state index contributed by atoms with van der Waals surface area (Å²) in [6.45, 7) is 4.24. The molecule has 0 atom stereocenters. The van der Waals surface area contributed by atoms with Crippen LogP contribution in [0.15, 0.2) is 78.0 Å². The van der Waals surface area contributed by atoms with Crippen molar-refractivity contribution in [3.8, 4) is 28.6 Å². The molecule has 2 heterocycles. The summed E-state index contributed by atoms with van der Waals surface area (Å²) >= 11 is 1.20. The molecule has 44 heavy (non-hydrogen) atoms. The van der Waals surface area contributed by atoms with Gasteiger partial charge >= 0.3 is 12.4 Å². The Morgan fingerprint density at radius 1 is 1.07 bits per heavy atom. The SMILES string of the molecule is COc1ccc(C(C)C)c(N2C(=O)CSC2=NC(=O)NCc2ccc(-c3ncn(-c4ccc(OC(F)(F)F)cc4)n3)cc2)c1. The lowest BCUT2D eigenvalue weighted by molar-refractivity contribution is -0.274. The van der Waals surface area contributed by atoms with E-state index in [4.69, 9.17) is 4.74 Å². The number of alkyl halides is 3. The van der Waals surface area contributed by atoms with Gasteiger partial charge in [-0.25, -0.2) is 14.5 Å². The molecule has 10 nitrogen and oxygen atoms in total. The zero-order chi connectivity index (χ0) is 31.4. The summed E-state index contributed by atoms with van der Waals surface area (Å²) in [6.07, 6.45) is -3.32. The van der Waals surface area contributed by atoms with Crippen molar-refractivity contribution in [1.29, 1.82) is 0 Å². The Hall–Kier alpha value is -4.85. The second-order valence-electron chi connectivity index (χ2n) is 9.90. The highest BCUT2D eigenvalue weighted by Crippen LogP contribution is 2.36. The van der Waals surface area contributed by atoms with Crippen LogP contribution in [0.4, 0.5) is 23.7 Å². The largest absolute Gasteiger partial charge is 0.573 e. The Labute approximate surface area is 254 Å². The summed E-state index contributed by atoms with van der Waals surface area (Å²) in [7, 11) is 1.55. The number of thioether (sulfide) groups is 1. The Morgan fingerprint density at radius 2 is 1.77 bits per heavy atom. The van der Waals surface area contributed by atoms with E-state index < -0.39 is 12.4 Å². The van der Waals surface area contributed by atoms with Gasteiger partial charge in [-0.2, -0.15) is 4.99 Å². The number of carbonyl (C=O) groups is 2. The highest BCUT2D eigenvalue weighted by Gasteiger charge is 2.33. The van der Waals surface area contributed by atoms with Crippen LogP contribution in [0, 0.1) is 0 Å². The Morgan fingerprint density at radius 3 is 2.43 bits per heavy atom. The van der Waals surface area contributed by atoms with Crippen LogP contribution in [-0.2, 0) is 11.3 Å². The van der Waals surface area contributed by atoms with Gasteiger partial charge in [0, 0.05) is 18.2 Å². The van der Waals surface area contributed by atoms with Crippen molar-refractivity contribution in [3.05, 3.63) is 84.2 Å². The number of aromatic nitrogens is 3. The number of amidine groups is 1. The highest BCUT2D eigenvalue weighted by molar-refractivity contribution is 8.15. The summed E-state index contributed by atoms with van der Waals surface area (Å²) < 4.78 is 47.9. The summed E-state index contributed by atoms with van der Waals surface area (Å²) in [6, 6.07) is 17.4. The van der Waals surface area contributed by atoms with E-state index >= 15 is 0 Å². The molecular formula is C30H27F3N6O4S. The summed E-state index contributed by atoms with van der Waals surface area (Å²) in [5, 5.41) is 7.45. The molecule has 1 saturated heterocycles. The van der Waals surface area contributed by atoms with E-state index in [0.29, 0.717) is 33.7 Å². The molecule has 14 heteroatoms. The van der Waals surface area contributed by atoms with Crippen molar-refractivity contribution in [3.63, 3.8) is 0 Å². The van der Waals surface area contributed by atoms with Gasteiger partial charge in [-0.15, -0.1) is 18.3 Å². The zero-order valence-corrected chi connectivity index (χ0v) is 24.6. The minimum atomic E-state index is -4.77. The number of carbonyl (C=O) groups excluding carboxylic acids is 2. The van der Waals surface area contributed by atoms with E-state index in [1.165, 1.54) is 51.9 Å². The fourth-order valence-corrected chi connectivity index (χ4v) is 5.27. The minimum Gasteiger partial charge on any atom is -0.497 e. The van der Waals surface area contributed by atoms with Crippen LogP contribution in [-0.4, -0.2) is 51.1 Å². The topological polar surface area (TPSA) is 111 Å². The molecule has 1 aliphatic heterocycles. The van der Waals surface area contributed by atoms with Crippen molar-refractivity contribution in [2.45, 2.75) is 32.7 Å². The molecule has 1 N–H and O–H groups in total. The first-order chi connectivity index (χ1) is 21.0. The van der Waals surface area contributed by atoms with E-state index in [2.05, 4.69) is 25.1 Å². The average molecular weight is 625 g/mol. The van der Waals surface area contributed by atoms with Crippen LogP contribution >= 0.6 is 11.8 Å². The third-order valence-electron chi connectivity index (χ3n) is 6.55. The summed E-state index contributed by atoms with van der Waals surface area (Å²) in [5.74, 6) is 0.797. The van der Waals surface area contributed by atoms with Crippen LogP contribution in [0.25, 0.3) is 17.1 Å². The molecule has 0 unspecified atom stereocenters. The number of amides is 3.